The van der Waals surface area contributed by atoms with Crippen molar-refractivity contribution in [2.24, 2.45) is 0 Å². The highest BCUT2D eigenvalue weighted by atomic mass is 35.5. The first kappa shape index (κ1) is 16.3. The zero-order chi connectivity index (χ0) is 14.3. The van der Waals surface area contributed by atoms with Crippen molar-refractivity contribution in [2.75, 3.05) is 18.2 Å². The van der Waals surface area contributed by atoms with E-state index in [9.17, 15) is 8.42 Å². The summed E-state index contributed by atoms with van der Waals surface area (Å²) in [5.74, 6) is 1.12. The first-order valence-electron chi connectivity index (χ1n) is 6.18. The Morgan fingerprint density at radius 2 is 1.95 bits per heavy atom. The molecule has 0 amide bonds. The van der Waals surface area contributed by atoms with E-state index in [4.69, 9.17) is 16.3 Å². The lowest BCUT2D eigenvalue weighted by molar-refractivity contribution is 0.287. The van der Waals surface area contributed by atoms with E-state index in [1.807, 2.05) is 31.2 Å². The zero-order valence-electron chi connectivity index (χ0n) is 11.2. The van der Waals surface area contributed by atoms with E-state index in [0.29, 0.717) is 18.9 Å². The van der Waals surface area contributed by atoms with Gasteiger partial charge in [-0.05, 0) is 32.4 Å². The second kappa shape index (κ2) is 7.72. The number of benzene rings is 1. The monoisotopic (exact) mass is 305 g/mol. The Hall–Kier alpha value is -0.780. The number of hydrogen-bond acceptors (Lipinski definition) is 3. The minimum atomic E-state index is -3.27. The van der Waals surface area contributed by atoms with Crippen molar-refractivity contribution in [3.8, 4) is 5.75 Å². The fraction of sp³-hybridized carbons (Fsp3) is 0.538. The number of sulfonamides is 1. The number of alkyl halides is 1. The van der Waals surface area contributed by atoms with Gasteiger partial charge in [0, 0.05) is 5.88 Å². The molecule has 0 aliphatic rings. The minimum absolute atomic E-state index is 0.0470. The summed E-state index contributed by atoms with van der Waals surface area (Å²) >= 11 is 5.48. The number of hydrogen-bond donors (Lipinski definition) is 1. The number of aryl methyl sites for hydroxylation is 1. The standard InChI is InChI=1S/C13H20ClNO3S/c1-11-4-6-13(7-5-11)18-10-12(2)15-19(16,17)9-3-8-14/h4-7,12,15H,3,8-10H2,1-2H3. The van der Waals surface area contributed by atoms with Gasteiger partial charge in [0.1, 0.15) is 12.4 Å². The maximum atomic E-state index is 11.6. The van der Waals surface area contributed by atoms with Gasteiger partial charge in [-0.25, -0.2) is 13.1 Å². The van der Waals surface area contributed by atoms with Crippen molar-refractivity contribution in [2.45, 2.75) is 26.3 Å². The summed E-state index contributed by atoms with van der Waals surface area (Å²) in [4.78, 5) is 0. The van der Waals surface area contributed by atoms with Gasteiger partial charge in [0.15, 0.2) is 0 Å². The molecule has 0 spiro atoms. The number of nitrogens with one attached hydrogen (secondary N) is 1. The van der Waals surface area contributed by atoms with Crippen LogP contribution >= 0.6 is 11.6 Å². The smallest absolute Gasteiger partial charge is 0.211 e. The van der Waals surface area contributed by atoms with Gasteiger partial charge in [-0.15, -0.1) is 11.6 Å². The number of ether oxygens (including phenoxy) is 1. The van der Waals surface area contributed by atoms with Crippen molar-refractivity contribution >= 4 is 21.6 Å². The molecule has 19 heavy (non-hydrogen) atoms. The van der Waals surface area contributed by atoms with Crippen LogP contribution in [0, 0.1) is 6.92 Å². The van der Waals surface area contributed by atoms with Crippen LogP contribution < -0.4 is 9.46 Å². The minimum Gasteiger partial charge on any atom is -0.492 e. The molecule has 0 radical (unpaired) electrons. The Kier molecular flexibility index (Phi) is 6.62. The lowest BCUT2D eigenvalue weighted by Gasteiger charge is -2.15. The first-order valence-corrected chi connectivity index (χ1v) is 8.37. The average Bonchev–Trinajstić information content (AvgIpc) is 2.35. The quantitative estimate of drug-likeness (QED) is 0.750. The van der Waals surface area contributed by atoms with Crippen LogP contribution in [-0.4, -0.2) is 32.7 Å². The van der Waals surface area contributed by atoms with Gasteiger partial charge in [-0.3, -0.25) is 0 Å². The average molecular weight is 306 g/mol. The topological polar surface area (TPSA) is 55.4 Å². The lowest BCUT2D eigenvalue weighted by Crippen LogP contribution is -2.38. The van der Waals surface area contributed by atoms with E-state index in [0.717, 1.165) is 11.3 Å². The van der Waals surface area contributed by atoms with Crippen molar-refractivity contribution < 1.29 is 13.2 Å². The van der Waals surface area contributed by atoms with Crippen LogP contribution in [0.5, 0.6) is 5.75 Å². The molecular weight excluding hydrogens is 286 g/mol. The summed E-state index contributed by atoms with van der Waals surface area (Å²) in [7, 11) is -3.27. The summed E-state index contributed by atoms with van der Waals surface area (Å²) in [6.45, 7) is 4.06. The predicted octanol–water partition coefficient (Wildman–Crippen LogP) is 2.31. The molecule has 0 fully saturated rings. The molecule has 0 heterocycles. The molecule has 1 N–H and O–H groups in total. The molecule has 0 saturated carbocycles. The fourth-order valence-electron chi connectivity index (χ4n) is 1.50. The summed E-state index contributed by atoms with van der Waals surface area (Å²) in [6, 6.07) is 7.35. The summed E-state index contributed by atoms with van der Waals surface area (Å²) < 4.78 is 31.3. The summed E-state index contributed by atoms with van der Waals surface area (Å²) in [6.07, 6.45) is 0.447. The van der Waals surface area contributed by atoms with E-state index in [1.54, 1.807) is 6.92 Å². The SMILES string of the molecule is Cc1ccc(OCC(C)NS(=O)(=O)CCCCl)cc1. The molecule has 0 aromatic heterocycles. The molecule has 4 nitrogen and oxygen atoms in total. The van der Waals surface area contributed by atoms with Gasteiger partial charge in [-0.2, -0.15) is 0 Å². The van der Waals surface area contributed by atoms with Gasteiger partial charge in [-0.1, -0.05) is 17.7 Å². The third-order valence-corrected chi connectivity index (χ3v) is 4.30. The molecule has 1 rings (SSSR count). The predicted molar refractivity (Wildman–Crippen MR) is 78.4 cm³/mol. The van der Waals surface area contributed by atoms with Crippen molar-refractivity contribution in [1.29, 1.82) is 0 Å². The zero-order valence-corrected chi connectivity index (χ0v) is 12.8. The van der Waals surface area contributed by atoms with Gasteiger partial charge in [0.25, 0.3) is 0 Å². The van der Waals surface area contributed by atoms with Crippen LogP contribution in [0.15, 0.2) is 24.3 Å². The van der Waals surface area contributed by atoms with Crippen molar-refractivity contribution in [3.05, 3.63) is 29.8 Å². The largest absolute Gasteiger partial charge is 0.492 e. The van der Waals surface area contributed by atoms with Crippen molar-refractivity contribution in [3.63, 3.8) is 0 Å². The van der Waals surface area contributed by atoms with Crippen LogP contribution in [-0.2, 0) is 10.0 Å². The van der Waals surface area contributed by atoms with Gasteiger partial charge in [0.05, 0.1) is 11.8 Å². The third kappa shape index (κ3) is 6.80. The van der Waals surface area contributed by atoms with Crippen LogP contribution in [0.4, 0.5) is 0 Å². The second-order valence-electron chi connectivity index (χ2n) is 4.50. The van der Waals surface area contributed by atoms with Crippen LogP contribution in [0.25, 0.3) is 0 Å². The second-order valence-corrected chi connectivity index (χ2v) is 6.76. The Morgan fingerprint density at radius 3 is 2.53 bits per heavy atom. The molecule has 0 aliphatic carbocycles. The number of rotatable bonds is 8. The van der Waals surface area contributed by atoms with E-state index in [2.05, 4.69) is 4.72 Å². The van der Waals surface area contributed by atoms with Crippen LogP contribution in [0.3, 0.4) is 0 Å². The Bertz CT molecular complexity index is 473. The van der Waals surface area contributed by atoms with Gasteiger partial charge in [0.2, 0.25) is 10.0 Å². The highest BCUT2D eigenvalue weighted by molar-refractivity contribution is 7.89. The van der Waals surface area contributed by atoms with Crippen molar-refractivity contribution in [1.82, 2.24) is 4.72 Å². The fourth-order valence-corrected chi connectivity index (χ4v) is 3.12. The molecule has 0 saturated heterocycles. The molecule has 108 valence electrons. The third-order valence-electron chi connectivity index (χ3n) is 2.45. The van der Waals surface area contributed by atoms with Crippen LogP contribution in [0.1, 0.15) is 18.9 Å². The van der Waals surface area contributed by atoms with Gasteiger partial charge < -0.3 is 4.74 Å². The van der Waals surface area contributed by atoms with Gasteiger partial charge >= 0.3 is 0 Å². The van der Waals surface area contributed by atoms with E-state index in [1.165, 1.54) is 0 Å². The van der Waals surface area contributed by atoms with Crippen LogP contribution in [0.2, 0.25) is 0 Å². The molecule has 1 aromatic rings. The Balaban J connectivity index is 2.39. The maximum Gasteiger partial charge on any atom is 0.211 e. The molecule has 6 heteroatoms. The molecule has 0 aliphatic heterocycles. The van der Waals surface area contributed by atoms with E-state index < -0.39 is 10.0 Å². The summed E-state index contributed by atoms with van der Waals surface area (Å²) in [5, 5.41) is 0. The molecule has 1 atom stereocenters. The Morgan fingerprint density at radius 1 is 1.32 bits per heavy atom. The highest BCUT2D eigenvalue weighted by Crippen LogP contribution is 2.11. The maximum absolute atomic E-state index is 11.6. The lowest BCUT2D eigenvalue weighted by atomic mass is 10.2. The van der Waals surface area contributed by atoms with E-state index in [-0.39, 0.29) is 11.8 Å². The van der Waals surface area contributed by atoms with E-state index >= 15 is 0 Å². The normalized spacial score (nSPS) is 13.2. The summed E-state index contributed by atoms with van der Waals surface area (Å²) in [5.41, 5.74) is 1.15. The highest BCUT2D eigenvalue weighted by Gasteiger charge is 2.14. The molecule has 0 bridgehead atoms. The molecule has 1 aromatic carbocycles. The molecular formula is C13H20ClNO3S. The Labute approximate surface area is 120 Å². The number of halogens is 1. The molecule has 1 unspecified atom stereocenters. The first-order chi connectivity index (χ1) is 8.93.